The van der Waals surface area contributed by atoms with Gasteiger partial charge in [0.05, 0.1) is 16.9 Å². The molecule has 2 aromatic rings. The summed E-state index contributed by atoms with van der Waals surface area (Å²) in [6, 6.07) is 4.98. The third-order valence-corrected chi connectivity index (χ3v) is 5.17. The Morgan fingerprint density at radius 2 is 1.84 bits per heavy atom. The van der Waals surface area contributed by atoms with Gasteiger partial charge in [0.25, 0.3) is 0 Å². The van der Waals surface area contributed by atoms with Crippen LogP contribution in [0.1, 0.15) is 29.4 Å². The van der Waals surface area contributed by atoms with Gasteiger partial charge in [-0.3, -0.25) is 4.79 Å². The zero-order chi connectivity index (χ0) is 17.7. The molecule has 3 N–H and O–H groups in total. The highest BCUT2D eigenvalue weighted by Crippen LogP contribution is 2.39. The zero-order valence-electron chi connectivity index (χ0n) is 14.2. The second-order valence-corrected chi connectivity index (χ2v) is 7.02. The average molecular weight is 342 g/mol. The van der Waals surface area contributed by atoms with Crippen molar-refractivity contribution in [1.29, 1.82) is 0 Å². The predicted octanol–water partition coefficient (Wildman–Crippen LogP) is 1.37. The van der Waals surface area contributed by atoms with Gasteiger partial charge in [-0.15, -0.1) is 0 Å². The monoisotopic (exact) mass is 342 g/mol. The van der Waals surface area contributed by atoms with E-state index in [-0.39, 0.29) is 17.2 Å². The Bertz CT molecular complexity index is 909. The molecule has 7 nitrogen and oxygen atoms in total. The Kier molecular flexibility index (Phi) is 3.68. The molecule has 1 aliphatic carbocycles. The number of hydrogen-bond acceptors (Lipinski definition) is 5. The molecular formula is C18H22N4O3. The van der Waals surface area contributed by atoms with Crippen molar-refractivity contribution < 1.29 is 9.90 Å². The molecule has 1 saturated heterocycles. The summed E-state index contributed by atoms with van der Waals surface area (Å²) < 4.78 is 1.80. The topological polar surface area (TPSA) is 91.8 Å². The lowest BCUT2D eigenvalue weighted by Gasteiger charge is -2.35. The normalized spacial score (nSPS) is 18.7. The SMILES string of the molecule is CN1CCN(c2cc3c(cc2N)c(=O)cc(C(=O)O)n3C2CC2)CC1. The fraction of sp³-hybridized carbons (Fsp3) is 0.444. The number of nitrogens with two attached hydrogens (primary N) is 1. The van der Waals surface area contributed by atoms with Crippen molar-refractivity contribution in [2.75, 3.05) is 43.9 Å². The van der Waals surface area contributed by atoms with Gasteiger partial charge in [0, 0.05) is 43.7 Å². The lowest BCUT2D eigenvalue weighted by Crippen LogP contribution is -2.44. The van der Waals surface area contributed by atoms with E-state index in [1.165, 1.54) is 6.07 Å². The molecule has 132 valence electrons. The first-order valence-electron chi connectivity index (χ1n) is 8.61. The third-order valence-electron chi connectivity index (χ3n) is 5.17. The van der Waals surface area contributed by atoms with Crippen LogP contribution in [0.15, 0.2) is 23.0 Å². The second kappa shape index (κ2) is 5.77. The fourth-order valence-electron chi connectivity index (χ4n) is 3.60. The van der Waals surface area contributed by atoms with E-state index in [9.17, 15) is 14.7 Å². The van der Waals surface area contributed by atoms with E-state index < -0.39 is 5.97 Å². The smallest absolute Gasteiger partial charge is 0.352 e. The number of nitrogens with zero attached hydrogens (tertiary/aromatic N) is 3. The highest BCUT2D eigenvalue weighted by molar-refractivity contribution is 5.94. The molecule has 0 spiro atoms. The number of hydrogen-bond donors (Lipinski definition) is 2. The van der Waals surface area contributed by atoms with E-state index in [1.54, 1.807) is 10.6 Å². The molecule has 2 aliphatic rings. The minimum absolute atomic E-state index is 0.0640. The highest BCUT2D eigenvalue weighted by Gasteiger charge is 2.30. The summed E-state index contributed by atoms with van der Waals surface area (Å²) in [5, 5.41) is 10.0. The molecular weight excluding hydrogens is 320 g/mol. The van der Waals surface area contributed by atoms with Crippen molar-refractivity contribution in [2.24, 2.45) is 0 Å². The predicted molar refractivity (Wildman–Crippen MR) is 97.6 cm³/mol. The number of aromatic nitrogens is 1. The number of benzene rings is 1. The zero-order valence-corrected chi connectivity index (χ0v) is 14.2. The summed E-state index contributed by atoms with van der Waals surface area (Å²) in [5.74, 6) is -1.07. The van der Waals surface area contributed by atoms with Gasteiger partial charge in [0.2, 0.25) is 0 Å². The molecule has 1 aromatic carbocycles. The number of nitrogen functional groups attached to an aromatic ring is 1. The van der Waals surface area contributed by atoms with Crippen molar-refractivity contribution in [3.05, 3.63) is 34.1 Å². The van der Waals surface area contributed by atoms with Crippen LogP contribution in [-0.2, 0) is 0 Å². The van der Waals surface area contributed by atoms with Crippen molar-refractivity contribution >= 4 is 28.2 Å². The van der Waals surface area contributed by atoms with Gasteiger partial charge < -0.3 is 25.2 Å². The Hall–Kier alpha value is -2.54. The van der Waals surface area contributed by atoms with Crippen molar-refractivity contribution in [3.63, 3.8) is 0 Å². The number of pyridine rings is 1. The molecule has 0 bridgehead atoms. The van der Waals surface area contributed by atoms with Crippen LogP contribution in [0.4, 0.5) is 11.4 Å². The van der Waals surface area contributed by atoms with Gasteiger partial charge >= 0.3 is 5.97 Å². The summed E-state index contributed by atoms with van der Waals surface area (Å²) in [4.78, 5) is 28.5. The van der Waals surface area contributed by atoms with E-state index in [0.717, 1.165) is 44.7 Å². The summed E-state index contributed by atoms with van der Waals surface area (Å²) in [7, 11) is 2.09. The largest absolute Gasteiger partial charge is 0.477 e. The summed E-state index contributed by atoms with van der Waals surface area (Å²) in [6.07, 6.45) is 1.87. The maximum absolute atomic E-state index is 12.4. The van der Waals surface area contributed by atoms with Crippen molar-refractivity contribution in [2.45, 2.75) is 18.9 Å². The molecule has 2 fully saturated rings. The van der Waals surface area contributed by atoms with Gasteiger partial charge in [-0.1, -0.05) is 0 Å². The number of aromatic carboxylic acids is 1. The molecule has 0 unspecified atom stereocenters. The number of likely N-dealkylation sites (N-methyl/N-ethyl adjacent to an activating group) is 1. The molecule has 1 aromatic heterocycles. The molecule has 1 aliphatic heterocycles. The highest BCUT2D eigenvalue weighted by atomic mass is 16.4. The minimum Gasteiger partial charge on any atom is -0.477 e. The average Bonchev–Trinajstić information content (AvgIpc) is 3.40. The lowest BCUT2D eigenvalue weighted by molar-refractivity contribution is 0.0684. The van der Waals surface area contributed by atoms with E-state index in [2.05, 4.69) is 16.8 Å². The van der Waals surface area contributed by atoms with Gasteiger partial charge in [0.15, 0.2) is 5.43 Å². The molecule has 0 atom stereocenters. The van der Waals surface area contributed by atoms with Crippen molar-refractivity contribution in [3.8, 4) is 0 Å². The van der Waals surface area contributed by atoms with Crippen LogP contribution in [0, 0.1) is 0 Å². The number of carbonyl (C=O) groups is 1. The van der Waals surface area contributed by atoms with Crippen LogP contribution in [0.2, 0.25) is 0 Å². The number of fused-ring (bicyclic) bond motifs is 1. The lowest BCUT2D eigenvalue weighted by atomic mass is 10.1. The third kappa shape index (κ3) is 2.74. The summed E-state index contributed by atoms with van der Waals surface area (Å²) in [5.41, 5.74) is 8.15. The van der Waals surface area contributed by atoms with Gasteiger partial charge in [-0.05, 0) is 32.0 Å². The van der Waals surface area contributed by atoms with Gasteiger partial charge in [-0.2, -0.15) is 0 Å². The molecule has 25 heavy (non-hydrogen) atoms. The van der Waals surface area contributed by atoms with Gasteiger partial charge in [-0.25, -0.2) is 4.79 Å². The number of anilines is 2. The Labute approximate surface area is 145 Å². The van der Waals surface area contributed by atoms with Crippen LogP contribution in [-0.4, -0.2) is 53.8 Å². The van der Waals surface area contributed by atoms with Crippen LogP contribution in [0.5, 0.6) is 0 Å². The number of piperazine rings is 1. The standard InChI is InChI=1S/C18H22N4O3/c1-20-4-6-21(7-5-20)15-9-14-12(8-13(15)19)17(23)10-16(18(24)25)22(14)11-2-3-11/h8-11H,2-7,19H2,1H3,(H,24,25). The number of carboxylic acid groups (broad SMARTS) is 1. The molecule has 0 radical (unpaired) electrons. The Morgan fingerprint density at radius 3 is 2.44 bits per heavy atom. The Morgan fingerprint density at radius 1 is 1.16 bits per heavy atom. The first-order valence-corrected chi connectivity index (χ1v) is 8.61. The molecule has 1 saturated carbocycles. The first kappa shape index (κ1) is 16.0. The van der Waals surface area contributed by atoms with Crippen LogP contribution >= 0.6 is 0 Å². The second-order valence-electron chi connectivity index (χ2n) is 7.02. The quantitative estimate of drug-likeness (QED) is 0.819. The van der Waals surface area contributed by atoms with E-state index in [1.807, 2.05) is 6.07 Å². The van der Waals surface area contributed by atoms with Crippen LogP contribution < -0.4 is 16.1 Å². The van der Waals surface area contributed by atoms with Crippen LogP contribution in [0.3, 0.4) is 0 Å². The molecule has 0 amide bonds. The van der Waals surface area contributed by atoms with E-state index in [4.69, 9.17) is 5.73 Å². The minimum atomic E-state index is -1.07. The summed E-state index contributed by atoms with van der Waals surface area (Å²) in [6.45, 7) is 3.61. The number of carboxylic acids is 1. The number of rotatable bonds is 3. The maximum Gasteiger partial charge on any atom is 0.352 e. The molecule has 2 heterocycles. The maximum atomic E-state index is 12.4. The molecule has 4 rings (SSSR count). The first-order chi connectivity index (χ1) is 12.0. The van der Waals surface area contributed by atoms with E-state index >= 15 is 0 Å². The fourth-order valence-corrected chi connectivity index (χ4v) is 3.60. The van der Waals surface area contributed by atoms with Crippen molar-refractivity contribution in [1.82, 2.24) is 9.47 Å². The Balaban J connectivity index is 1.92. The molecule has 7 heteroatoms. The summed E-state index contributed by atoms with van der Waals surface area (Å²) >= 11 is 0. The van der Waals surface area contributed by atoms with Crippen LogP contribution in [0.25, 0.3) is 10.9 Å². The van der Waals surface area contributed by atoms with E-state index in [0.29, 0.717) is 16.6 Å². The van der Waals surface area contributed by atoms with Gasteiger partial charge in [0.1, 0.15) is 5.69 Å².